The van der Waals surface area contributed by atoms with Crippen LogP contribution in [0.1, 0.15) is 23.5 Å². The van der Waals surface area contributed by atoms with E-state index in [1.165, 1.54) is 13.2 Å². The first kappa shape index (κ1) is 18.2. The number of carbonyl (C=O) groups excluding carboxylic acids is 2. The molecule has 0 aromatic heterocycles. The minimum atomic E-state index is -0.812. The average Bonchev–Trinajstić information content (AvgIpc) is 3.00. The van der Waals surface area contributed by atoms with Gasteiger partial charge in [0, 0.05) is 49.4 Å². The van der Waals surface area contributed by atoms with Crippen molar-refractivity contribution in [1.29, 1.82) is 0 Å². The van der Waals surface area contributed by atoms with Crippen LogP contribution in [0.2, 0.25) is 0 Å². The maximum Gasteiger partial charge on any atom is 0.324 e. The van der Waals surface area contributed by atoms with Crippen LogP contribution in [0, 0.1) is 11.6 Å². The zero-order chi connectivity index (χ0) is 20.0. The van der Waals surface area contributed by atoms with E-state index >= 15 is 0 Å². The van der Waals surface area contributed by atoms with Gasteiger partial charge in [0.15, 0.2) is 11.6 Å². The van der Waals surface area contributed by atoms with E-state index in [9.17, 15) is 18.4 Å². The topological polar surface area (TPSA) is 61.9 Å². The number of hydrogen-bond acceptors (Lipinski definition) is 3. The Hall–Kier alpha value is -3.16. The number of rotatable bonds is 3. The third-order valence-electron chi connectivity index (χ3n) is 5.26. The lowest BCUT2D eigenvalue weighted by molar-refractivity contribution is -0.116. The highest BCUT2D eigenvalue weighted by atomic mass is 19.1. The molecule has 2 heterocycles. The molecule has 8 heteroatoms. The lowest BCUT2D eigenvalue weighted by Crippen LogP contribution is -2.30. The van der Waals surface area contributed by atoms with Crippen molar-refractivity contribution in [3.63, 3.8) is 0 Å². The largest absolute Gasteiger partial charge is 0.494 e. The van der Waals surface area contributed by atoms with Crippen LogP contribution in [0.5, 0.6) is 5.75 Å². The van der Waals surface area contributed by atoms with Gasteiger partial charge in [0.05, 0.1) is 7.11 Å². The number of fused-ring (bicyclic) bond motifs is 1. The number of methoxy groups -OCH3 is 1. The molecule has 0 aliphatic carbocycles. The summed E-state index contributed by atoms with van der Waals surface area (Å²) in [7, 11) is 3.02. The predicted octanol–water partition coefficient (Wildman–Crippen LogP) is 3.32. The molecule has 2 aliphatic heterocycles. The van der Waals surface area contributed by atoms with Gasteiger partial charge < -0.3 is 15.0 Å². The Morgan fingerprint density at radius 2 is 1.93 bits per heavy atom. The summed E-state index contributed by atoms with van der Waals surface area (Å²) in [5.41, 5.74) is 1.47. The molecule has 1 N–H and O–H groups in total. The molecule has 0 spiro atoms. The van der Waals surface area contributed by atoms with Crippen molar-refractivity contribution in [2.24, 2.45) is 0 Å². The lowest BCUT2D eigenvalue weighted by atomic mass is 9.84. The summed E-state index contributed by atoms with van der Waals surface area (Å²) in [4.78, 5) is 27.7. The second-order valence-corrected chi connectivity index (χ2v) is 6.91. The fraction of sp³-hybridized carbons (Fsp3) is 0.300. The van der Waals surface area contributed by atoms with E-state index in [1.54, 1.807) is 35.0 Å². The number of ether oxygens (including phenoxy) is 1. The van der Waals surface area contributed by atoms with Crippen molar-refractivity contribution >= 4 is 23.3 Å². The van der Waals surface area contributed by atoms with Gasteiger partial charge >= 0.3 is 6.03 Å². The Balaban J connectivity index is 1.79. The van der Waals surface area contributed by atoms with E-state index in [-0.39, 0.29) is 29.7 Å². The Bertz CT molecular complexity index is 979. The zero-order valence-electron chi connectivity index (χ0n) is 15.5. The monoisotopic (exact) mass is 387 g/mol. The highest BCUT2D eigenvalue weighted by Crippen LogP contribution is 2.42. The van der Waals surface area contributed by atoms with Crippen LogP contribution in [0.3, 0.4) is 0 Å². The van der Waals surface area contributed by atoms with Gasteiger partial charge in [-0.25, -0.2) is 13.6 Å². The normalized spacial score (nSPS) is 18.9. The number of benzene rings is 2. The third kappa shape index (κ3) is 2.85. The molecule has 0 radical (unpaired) electrons. The van der Waals surface area contributed by atoms with E-state index in [4.69, 9.17) is 4.74 Å². The molecular formula is C20H19F2N3O3. The standard InChI is InChI=1S/C20H19F2N3O3/c1-24-7-8-25(20(24)27)11-3-4-12-13(10-17(26)23-15(12)9-11)18-14(21)5-6-16(28-2)19(18)22/h3-6,9,13H,7-8,10H2,1-2H3,(H,23,26). The fourth-order valence-corrected chi connectivity index (χ4v) is 3.79. The summed E-state index contributed by atoms with van der Waals surface area (Å²) >= 11 is 0. The maximum absolute atomic E-state index is 14.8. The van der Waals surface area contributed by atoms with Gasteiger partial charge in [-0.15, -0.1) is 0 Å². The first-order valence-corrected chi connectivity index (χ1v) is 8.89. The van der Waals surface area contributed by atoms with Crippen molar-refractivity contribution in [3.05, 3.63) is 53.1 Å². The molecular weight excluding hydrogens is 368 g/mol. The summed E-state index contributed by atoms with van der Waals surface area (Å²) in [6.45, 7) is 1.13. The Morgan fingerprint density at radius 1 is 1.14 bits per heavy atom. The Labute approximate surface area is 160 Å². The molecule has 1 unspecified atom stereocenters. The SMILES string of the molecule is COc1ccc(F)c(C2CC(=O)Nc3cc(N4CCN(C)C4=O)ccc32)c1F. The summed E-state index contributed by atoms with van der Waals surface area (Å²) in [6, 6.07) is 7.33. The van der Waals surface area contributed by atoms with Crippen LogP contribution in [0.15, 0.2) is 30.3 Å². The number of halogens is 2. The van der Waals surface area contributed by atoms with Gasteiger partial charge in [-0.1, -0.05) is 6.07 Å². The van der Waals surface area contributed by atoms with E-state index in [1.807, 2.05) is 0 Å². The van der Waals surface area contributed by atoms with Crippen molar-refractivity contribution in [2.45, 2.75) is 12.3 Å². The summed E-state index contributed by atoms with van der Waals surface area (Å²) in [6.07, 6.45) is -0.0846. The molecule has 2 aliphatic rings. The lowest BCUT2D eigenvalue weighted by Gasteiger charge is -2.28. The van der Waals surface area contributed by atoms with Crippen molar-refractivity contribution in [3.8, 4) is 5.75 Å². The molecule has 0 bridgehead atoms. The Morgan fingerprint density at radius 3 is 2.61 bits per heavy atom. The molecule has 1 fully saturated rings. The van der Waals surface area contributed by atoms with Crippen molar-refractivity contribution in [1.82, 2.24) is 4.90 Å². The molecule has 2 aromatic rings. The van der Waals surface area contributed by atoms with E-state index in [0.29, 0.717) is 30.0 Å². The first-order valence-electron chi connectivity index (χ1n) is 8.89. The van der Waals surface area contributed by atoms with Gasteiger partial charge in [-0.3, -0.25) is 9.69 Å². The van der Waals surface area contributed by atoms with Gasteiger partial charge in [0.2, 0.25) is 5.91 Å². The second-order valence-electron chi connectivity index (χ2n) is 6.91. The van der Waals surface area contributed by atoms with Gasteiger partial charge in [0.1, 0.15) is 5.82 Å². The minimum absolute atomic E-state index is 0.0775. The van der Waals surface area contributed by atoms with Crippen LogP contribution in [-0.4, -0.2) is 44.1 Å². The van der Waals surface area contributed by atoms with Gasteiger partial charge in [-0.05, 0) is 29.8 Å². The third-order valence-corrected chi connectivity index (χ3v) is 5.26. The number of hydrogen-bond donors (Lipinski definition) is 1. The number of nitrogens with zero attached hydrogens (tertiary/aromatic N) is 2. The summed E-state index contributed by atoms with van der Waals surface area (Å²) < 4.78 is 34.3. The molecule has 0 saturated carbocycles. The van der Waals surface area contributed by atoms with E-state index < -0.39 is 17.6 Å². The highest BCUT2D eigenvalue weighted by molar-refractivity contribution is 5.98. The number of likely N-dealkylation sites (N-methyl/N-ethyl adjacent to an activating group) is 1. The molecule has 1 saturated heterocycles. The average molecular weight is 387 g/mol. The van der Waals surface area contributed by atoms with Crippen LogP contribution < -0.4 is 15.0 Å². The van der Waals surface area contributed by atoms with Crippen LogP contribution in [-0.2, 0) is 4.79 Å². The molecule has 2 aromatic carbocycles. The summed E-state index contributed by atoms with van der Waals surface area (Å²) in [5.74, 6) is -2.75. The number of carbonyl (C=O) groups is 2. The maximum atomic E-state index is 14.8. The Kier molecular flexibility index (Phi) is 4.41. The van der Waals surface area contributed by atoms with Gasteiger partial charge in [-0.2, -0.15) is 0 Å². The number of anilines is 2. The van der Waals surface area contributed by atoms with E-state index in [2.05, 4.69) is 5.32 Å². The van der Waals surface area contributed by atoms with Gasteiger partial charge in [0.25, 0.3) is 0 Å². The molecule has 1 atom stereocenters. The zero-order valence-corrected chi connectivity index (χ0v) is 15.5. The smallest absolute Gasteiger partial charge is 0.324 e. The quantitative estimate of drug-likeness (QED) is 0.879. The molecule has 3 amide bonds. The van der Waals surface area contributed by atoms with Crippen molar-refractivity contribution < 1.29 is 23.1 Å². The predicted molar refractivity (Wildman–Crippen MR) is 99.8 cm³/mol. The highest BCUT2D eigenvalue weighted by Gasteiger charge is 2.33. The molecule has 4 rings (SSSR count). The summed E-state index contributed by atoms with van der Waals surface area (Å²) in [5, 5.41) is 2.75. The van der Waals surface area contributed by atoms with Crippen LogP contribution in [0.4, 0.5) is 25.0 Å². The molecule has 28 heavy (non-hydrogen) atoms. The molecule has 146 valence electrons. The second kappa shape index (κ2) is 6.78. The fourth-order valence-electron chi connectivity index (χ4n) is 3.79. The van der Waals surface area contributed by atoms with Crippen LogP contribution >= 0.6 is 0 Å². The first-order chi connectivity index (χ1) is 13.4. The number of amides is 3. The minimum Gasteiger partial charge on any atom is -0.494 e. The van der Waals surface area contributed by atoms with Crippen LogP contribution in [0.25, 0.3) is 0 Å². The molecule has 6 nitrogen and oxygen atoms in total. The number of nitrogens with one attached hydrogen (secondary N) is 1. The van der Waals surface area contributed by atoms with Crippen molar-refractivity contribution in [2.75, 3.05) is 37.5 Å². The van der Waals surface area contributed by atoms with E-state index in [0.717, 1.165) is 6.07 Å². The number of urea groups is 1.